The van der Waals surface area contributed by atoms with E-state index in [-0.39, 0.29) is 23.9 Å². The van der Waals surface area contributed by atoms with Crippen LogP contribution in [0.4, 0.5) is 0 Å². The number of hydrogen-bond acceptors (Lipinski definition) is 2. The molecule has 18 heavy (non-hydrogen) atoms. The summed E-state index contributed by atoms with van der Waals surface area (Å²) < 4.78 is 0. The lowest BCUT2D eigenvalue weighted by molar-refractivity contribution is -0.125. The van der Waals surface area contributed by atoms with E-state index in [1.807, 2.05) is 31.2 Å². The number of benzene rings is 1. The molecule has 1 aromatic carbocycles. The predicted molar refractivity (Wildman–Crippen MR) is 73.6 cm³/mol. The molecule has 3 atom stereocenters. The van der Waals surface area contributed by atoms with E-state index in [0.717, 1.165) is 18.5 Å². The van der Waals surface area contributed by atoms with Gasteiger partial charge in [0, 0.05) is 11.1 Å². The Labute approximate surface area is 113 Å². The second-order valence-corrected chi connectivity index (χ2v) is 5.36. The number of rotatable bonds is 3. The topological polar surface area (TPSA) is 41.1 Å². The fraction of sp³-hybridized carbons (Fsp3) is 0.500. The zero-order valence-corrected chi connectivity index (χ0v) is 11.5. The lowest BCUT2D eigenvalue weighted by atomic mass is 10.00. The first kappa shape index (κ1) is 13.4. The van der Waals surface area contributed by atoms with Crippen molar-refractivity contribution in [3.05, 3.63) is 34.9 Å². The van der Waals surface area contributed by atoms with E-state index in [2.05, 4.69) is 17.6 Å². The largest absolute Gasteiger partial charge is 0.349 e. The van der Waals surface area contributed by atoms with Crippen molar-refractivity contribution < 1.29 is 4.79 Å². The van der Waals surface area contributed by atoms with E-state index in [1.165, 1.54) is 0 Å². The zero-order chi connectivity index (χ0) is 13.1. The normalized spacial score (nSPS) is 24.8. The van der Waals surface area contributed by atoms with Crippen LogP contribution in [-0.4, -0.2) is 18.5 Å². The smallest absolute Gasteiger partial charge is 0.225 e. The zero-order valence-electron chi connectivity index (χ0n) is 10.7. The third-order valence-corrected chi connectivity index (χ3v) is 3.84. The molecule has 1 saturated heterocycles. The van der Waals surface area contributed by atoms with E-state index in [4.69, 9.17) is 11.6 Å². The highest BCUT2D eigenvalue weighted by atomic mass is 35.5. The second kappa shape index (κ2) is 5.72. The average Bonchev–Trinajstić information content (AvgIpc) is 2.76. The first-order chi connectivity index (χ1) is 8.58. The summed E-state index contributed by atoms with van der Waals surface area (Å²) >= 11 is 5.85. The predicted octanol–water partition coefficient (Wildman–Crippen LogP) is 2.52. The maximum atomic E-state index is 12.1. The maximum absolute atomic E-state index is 12.1. The maximum Gasteiger partial charge on any atom is 0.225 e. The van der Waals surface area contributed by atoms with Gasteiger partial charge in [-0.2, -0.15) is 0 Å². The molecule has 2 N–H and O–H groups in total. The quantitative estimate of drug-likeness (QED) is 0.883. The first-order valence-corrected chi connectivity index (χ1v) is 6.75. The highest BCUT2D eigenvalue weighted by Gasteiger charge is 2.29. The Balaban J connectivity index is 1.96. The summed E-state index contributed by atoms with van der Waals surface area (Å²) in [6, 6.07) is 7.87. The molecule has 4 heteroatoms. The summed E-state index contributed by atoms with van der Waals surface area (Å²) in [5, 5.41) is 7.07. The minimum Gasteiger partial charge on any atom is -0.349 e. The highest BCUT2D eigenvalue weighted by Crippen LogP contribution is 2.19. The number of amides is 1. The van der Waals surface area contributed by atoms with Crippen LogP contribution < -0.4 is 10.6 Å². The van der Waals surface area contributed by atoms with Crippen molar-refractivity contribution in [2.45, 2.75) is 32.4 Å². The molecule has 98 valence electrons. The van der Waals surface area contributed by atoms with Crippen LogP contribution in [0.3, 0.4) is 0 Å². The van der Waals surface area contributed by atoms with Gasteiger partial charge in [-0.1, -0.05) is 23.7 Å². The standard InChI is InChI=1S/C14H19ClN2O/c1-9(11-3-5-12(15)6-4-11)17-14(18)13-7-8-16-10(13)2/h3-6,9-10,13,16H,7-8H2,1-2H3,(H,17,18)/t9-,10?,13?/m1/s1. The van der Waals surface area contributed by atoms with E-state index in [1.54, 1.807) is 0 Å². The Morgan fingerprint density at radius 1 is 1.44 bits per heavy atom. The molecule has 0 saturated carbocycles. The number of nitrogens with one attached hydrogen (secondary N) is 2. The van der Waals surface area contributed by atoms with Gasteiger partial charge in [0.15, 0.2) is 0 Å². The Hall–Kier alpha value is -1.06. The first-order valence-electron chi connectivity index (χ1n) is 6.37. The van der Waals surface area contributed by atoms with Gasteiger partial charge in [-0.25, -0.2) is 0 Å². The third-order valence-electron chi connectivity index (χ3n) is 3.59. The number of carbonyl (C=O) groups excluding carboxylic acids is 1. The van der Waals surface area contributed by atoms with Crippen LogP contribution in [0.2, 0.25) is 5.02 Å². The monoisotopic (exact) mass is 266 g/mol. The van der Waals surface area contributed by atoms with Crippen LogP contribution >= 0.6 is 11.6 Å². The van der Waals surface area contributed by atoms with Crippen molar-refractivity contribution in [2.75, 3.05) is 6.54 Å². The molecule has 3 nitrogen and oxygen atoms in total. The molecule has 0 radical (unpaired) electrons. The third kappa shape index (κ3) is 3.03. The molecule has 1 aliphatic heterocycles. The second-order valence-electron chi connectivity index (χ2n) is 4.92. The Morgan fingerprint density at radius 2 is 2.11 bits per heavy atom. The molecule has 1 heterocycles. The van der Waals surface area contributed by atoms with Crippen LogP contribution in [0.15, 0.2) is 24.3 Å². The van der Waals surface area contributed by atoms with Crippen molar-refractivity contribution in [2.24, 2.45) is 5.92 Å². The molecule has 1 fully saturated rings. The SMILES string of the molecule is CC1NCCC1C(=O)N[C@H](C)c1ccc(Cl)cc1. The summed E-state index contributed by atoms with van der Waals surface area (Å²) in [6.45, 7) is 4.98. The molecule has 0 aromatic heterocycles. The van der Waals surface area contributed by atoms with E-state index >= 15 is 0 Å². The van der Waals surface area contributed by atoms with E-state index in [9.17, 15) is 4.79 Å². The van der Waals surface area contributed by atoms with Gasteiger partial charge in [-0.05, 0) is 44.5 Å². The lowest BCUT2D eigenvalue weighted by Crippen LogP contribution is -2.37. The van der Waals surface area contributed by atoms with Crippen LogP contribution in [0.25, 0.3) is 0 Å². The van der Waals surface area contributed by atoms with Crippen LogP contribution in [-0.2, 0) is 4.79 Å². The highest BCUT2D eigenvalue weighted by molar-refractivity contribution is 6.30. The Morgan fingerprint density at radius 3 is 2.67 bits per heavy atom. The lowest BCUT2D eigenvalue weighted by Gasteiger charge is -2.19. The van der Waals surface area contributed by atoms with Crippen LogP contribution in [0.5, 0.6) is 0 Å². The van der Waals surface area contributed by atoms with Crippen molar-refractivity contribution in [3.8, 4) is 0 Å². The van der Waals surface area contributed by atoms with Crippen LogP contribution in [0, 0.1) is 5.92 Å². The molecular formula is C14H19ClN2O. The summed E-state index contributed by atoms with van der Waals surface area (Å²) in [7, 11) is 0. The fourth-order valence-corrected chi connectivity index (χ4v) is 2.50. The number of halogens is 1. The van der Waals surface area contributed by atoms with Gasteiger partial charge < -0.3 is 10.6 Å². The van der Waals surface area contributed by atoms with Crippen molar-refractivity contribution >= 4 is 17.5 Å². The van der Waals surface area contributed by atoms with Crippen molar-refractivity contribution in [1.82, 2.24) is 10.6 Å². The minimum absolute atomic E-state index is 0.0163. The van der Waals surface area contributed by atoms with Gasteiger partial charge >= 0.3 is 0 Å². The summed E-state index contributed by atoms with van der Waals surface area (Å²) in [5.74, 6) is 0.217. The molecule has 1 amide bonds. The molecule has 0 spiro atoms. The van der Waals surface area contributed by atoms with E-state index < -0.39 is 0 Å². The summed E-state index contributed by atoms with van der Waals surface area (Å²) in [6.07, 6.45) is 0.917. The Bertz CT molecular complexity index is 418. The van der Waals surface area contributed by atoms with Crippen molar-refractivity contribution in [3.63, 3.8) is 0 Å². The summed E-state index contributed by atoms with van der Waals surface area (Å²) in [5.41, 5.74) is 1.08. The molecule has 2 rings (SSSR count). The fourth-order valence-electron chi connectivity index (χ4n) is 2.37. The molecule has 1 aromatic rings. The molecule has 0 aliphatic carbocycles. The van der Waals surface area contributed by atoms with Gasteiger partial charge in [0.2, 0.25) is 5.91 Å². The minimum atomic E-state index is 0.0163. The van der Waals surface area contributed by atoms with E-state index in [0.29, 0.717) is 5.02 Å². The van der Waals surface area contributed by atoms with Crippen molar-refractivity contribution in [1.29, 1.82) is 0 Å². The molecule has 0 bridgehead atoms. The van der Waals surface area contributed by atoms with Crippen LogP contribution in [0.1, 0.15) is 31.9 Å². The molecule has 1 aliphatic rings. The number of carbonyl (C=O) groups is 1. The van der Waals surface area contributed by atoms with Gasteiger partial charge in [0.25, 0.3) is 0 Å². The Kier molecular flexibility index (Phi) is 4.25. The molecule has 2 unspecified atom stereocenters. The van der Waals surface area contributed by atoms with Gasteiger partial charge in [0.1, 0.15) is 0 Å². The van der Waals surface area contributed by atoms with Gasteiger partial charge in [-0.15, -0.1) is 0 Å². The van der Waals surface area contributed by atoms with Gasteiger partial charge in [-0.3, -0.25) is 4.79 Å². The van der Waals surface area contributed by atoms with Gasteiger partial charge in [0.05, 0.1) is 12.0 Å². The molecular weight excluding hydrogens is 248 g/mol. The number of hydrogen-bond donors (Lipinski definition) is 2. The summed E-state index contributed by atoms with van der Waals surface area (Å²) in [4.78, 5) is 12.1. The average molecular weight is 267 g/mol.